The van der Waals surface area contributed by atoms with Crippen LogP contribution in [0.3, 0.4) is 0 Å². The Hall–Kier alpha value is -2.64. The van der Waals surface area contributed by atoms with Crippen LogP contribution in [0.4, 0.5) is 0 Å². The standard InChI is InChI=1S/C18H20N2O5/c1-19-16(21)6-3-12-9-17(22)20(11-18-24-7-8-25-18)15-10-13(23-2)4-5-14(12)15/h3-6,9-10,18H,7-8,11H2,1-2H3,(H,19,21)/b6-3+. The van der Waals surface area contributed by atoms with E-state index in [2.05, 4.69) is 5.32 Å². The summed E-state index contributed by atoms with van der Waals surface area (Å²) < 4.78 is 17.8. The molecular weight excluding hydrogens is 324 g/mol. The van der Waals surface area contributed by atoms with Crippen LogP contribution in [0.1, 0.15) is 5.56 Å². The Kier molecular flexibility index (Phi) is 5.16. The fourth-order valence-electron chi connectivity index (χ4n) is 2.75. The van der Waals surface area contributed by atoms with Gasteiger partial charge in [0.2, 0.25) is 5.91 Å². The summed E-state index contributed by atoms with van der Waals surface area (Å²) in [4.78, 5) is 24.1. The van der Waals surface area contributed by atoms with Gasteiger partial charge in [-0.1, -0.05) is 0 Å². The van der Waals surface area contributed by atoms with Gasteiger partial charge < -0.3 is 24.1 Å². The molecule has 0 aliphatic carbocycles. The van der Waals surface area contributed by atoms with Gasteiger partial charge in [0, 0.05) is 30.6 Å². The third-order valence-corrected chi connectivity index (χ3v) is 4.03. The zero-order chi connectivity index (χ0) is 17.8. The molecule has 3 rings (SSSR count). The van der Waals surface area contributed by atoms with Crippen LogP contribution in [0.5, 0.6) is 5.75 Å². The van der Waals surface area contributed by atoms with Crippen LogP contribution >= 0.6 is 0 Å². The smallest absolute Gasteiger partial charge is 0.251 e. The Morgan fingerprint density at radius 1 is 1.36 bits per heavy atom. The predicted octanol–water partition coefficient (Wildman–Crippen LogP) is 1.14. The van der Waals surface area contributed by atoms with Crippen LogP contribution in [0, 0.1) is 0 Å². The van der Waals surface area contributed by atoms with Crippen molar-refractivity contribution in [2.45, 2.75) is 12.8 Å². The van der Waals surface area contributed by atoms with Crippen molar-refractivity contribution in [3.63, 3.8) is 0 Å². The van der Waals surface area contributed by atoms with Gasteiger partial charge in [0.1, 0.15) is 5.75 Å². The molecular formula is C18H20N2O5. The number of rotatable bonds is 5. The average molecular weight is 344 g/mol. The number of ether oxygens (including phenoxy) is 3. The number of amides is 1. The molecule has 2 heterocycles. The lowest BCUT2D eigenvalue weighted by Crippen LogP contribution is -2.27. The van der Waals surface area contributed by atoms with Crippen LogP contribution in [0.15, 0.2) is 35.1 Å². The molecule has 1 fully saturated rings. The van der Waals surface area contributed by atoms with Gasteiger partial charge in [-0.15, -0.1) is 0 Å². The van der Waals surface area contributed by atoms with E-state index in [1.54, 1.807) is 30.9 Å². The molecule has 0 atom stereocenters. The first-order valence-electron chi connectivity index (χ1n) is 7.97. The van der Waals surface area contributed by atoms with Crippen molar-refractivity contribution in [3.8, 4) is 5.75 Å². The van der Waals surface area contributed by atoms with E-state index in [0.717, 1.165) is 5.39 Å². The van der Waals surface area contributed by atoms with Crippen molar-refractivity contribution < 1.29 is 19.0 Å². The number of aromatic nitrogens is 1. The number of nitrogens with zero attached hydrogens (tertiary/aromatic N) is 1. The molecule has 1 N–H and O–H groups in total. The number of nitrogens with one attached hydrogen (secondary N) is 1. The van der Waals surface area contributed by atoms with Crippen molar-refractivity contribution in [1.82, 2.24) is 9.88 Å². The van der Waals surface area contributed by atoms with Crippen LogP contribution in [0.2, 0.25) is 0 Å². The van der Waals surface area contributed by atoms with Crippen LogP contribution in [-0.2, 0) is 20.8 Å². The van der Waals surface area contributed by atoms with Gasteiger partial charge in [-0.2, -0.15) is 0 Å². The second-order valence-corrected chi connectivity index (χ2v) is 5.55. The molecule has 1 aliphatic heterocycles. The van der Waals surface area contributed by atoms with E-state index < -0.39 is 6.29 Å². The zero-order valence-electron chi connectivity index (χ0n) is 14.2. The lowest BCUT2D eigenvalue weighted by molar-refractivity contribution is -0.115. The summed E-state index contributed by atoms with van der Waals surface area (Å²) in [6.45, 7) is 1.34. The van der Waals surface area contributed by atoms with Crippen LogP contribution < -0.4 is 15.6 Å². The minimum Gasteiger partial charge on any atom is -0.497 e. The number of fused-ring (bicyclic) bond motifs is 1. The Bertz CT molecular complexity index is 866. The molecule has 1 amide bonds. The van der Waals surface area contributed by atoms with Crippen LogP contribution in [-0.4, -0.2) is 44.1 Å². The highest BCUT2D eigenvalue weighted by Crippen LogP contribution is 2.24. The SMILES string of the molecule is CNC(=O)/C=C/c1cc(=O)n(CC2OCCO2)c2cc(OC)ccc12. The van der Waals surface area contributed by atoms with Crippen LogP contribution in [0.25, 0.3) is 17.0 Å². The summed E-state index contributed by atoms with van der Waals surface area (Å²) in [6.07, 6.45) is 2.58. The number of hydrogen-bond donors (Lipinski definition) is 1. The summed E-state index contributed by atoms with van der Waals surface area (Å²) in [6, 6.07) is 6.98. The average Bonchev–Trinajstić information content (AvgIpc) is 3.15. The van der Waals surface area contributed by atoms with Crippen molar-refractivity contribution >= 4 is 22.9 Å². The lowest BCUT2D eigenvalue weighted by Gasteiger charge is -2.16. The fourth-order valence-corrected chi connectivity index (χ4v) is 2.75. The van der Waals surface area contributed by atoms with E-state index in [4.69, 9.17) is 14.2 Å². The highest BCUT2D eigenvalue weighted by Gasteiger charge is 2.19. The van der Waals surface area contributed by atoms with Gasteiger partial charge in [-0.05, 0) is 23.8 Å². The minimum atomic E-state index is -0.445. The van der Waals surface area contributed by atoms with E-state index in [0.29, 0.717) is 36.6 Å². The Labute approximate surface area is 144 Å². The zero-order valence-corrected chi connectivity index (χ0v) is 14.2. The van der Waals surface area contributed by atoms with Crippen molar-refractivity contribution in [1.29, 1.82) is 0 Å². The molecule has 25 heavy (non-hydrogen) atoms. The van der Waals surface area contributed by atoms with Gasteiger partial charge in [0.15, 0.2) is 6.29 Å². The third kappa shape index (κ3) is 3.72. The lowest BCUT2D eigenvalue weighted by atomic mass is 10.1. The third-order valence-electron chi connectivity index (χ3n) is 4.03. The first-order chi connectivity index (χ1) is 12.1. The molecule has 1 aromatic heterocycles. The van der Waals surface area contributed by atoms with E-state index in [1.165, 1.54) is 12.1 Å². The molecule has 0 bridgehead atoms. The van der Waals surface area contributed by atoms with Crippen molar-refractivity contribution in [2.75, 3.05) is 27.4 Å². The fraction of sp³-hybridized carbons (Fsp3) is 0.333. The molecule has 0 spiro atoms. The number of methoxy groups -OCH3 is 1. The van der Waals surface area contributed by atoms with Gasteiger partial charge in [0.25, 0.3) is 5.56 Å². The molecule has 7 heteroatoms. The van der Waals surface area contributed by atoms with Gasteiger partial charge in [0.05, 0.1) is 32.4 Å². The largest absolute Gasteiger partial charge is 0.497 e. The summed E-state index contributed by atoms with van der Waals surface area (Å²) in [5, 5.41) is 3.35. The highest BCUT2D eigenvalue weighted by atomic mass is 16.7. The summed E-state index contributed by atoms with van der Waals surface area (Å²) >= 11 is 0. The van der Waals surface area contributed by atoms with E-state index in [-0.39, 0.29) is 11.5 Å². The second kappa shape index (κ2) is 7.50. The molecule has 0 radical (unpaired) electrons. The number of carbonyl (C=O) groups is 1. The molecule has 2 aromatic rings. The first-order valence-corrected chi connectivity index (χ1v) is 7.97. The number of carbonyl (C=O) groups excluding carboxylic acids is 1. The molecule has 1 aliphatic rings. The summed E-state index contributed by atoms with van der Waals surface area (Å²) in [5.41, 5.74) is 1.16. The van der Waals surface area contributed by atoms with E-state index in [9.17, 15) is 9.59 Å². The molecule has 1 aromatic carbocycles. The highest BCUT2D eigenvalue weighted by molar-refractivity contribution is 5.96. The Morgan fingerprint density at radius 2 is 2.12 bits per heavy atom. The minimum absolute atomic E-state index is 0.198. The number of benzene rings is 1. The van der Waals surface area contributed by atoms with Gasteiger partial charge in [-0.25, -0.2) is 0 Å². The van der Waals surface area contributed by atoms with Gasteiger partial charge >= 0.3 is 0 Å². The van der Waals surface area contributed by atoms with Crippen molar-refractivity contribution in [3.05, 3.63) is 46.3 Å². The maximum absolute atomic E-state index is 12.6. The quantitative estimate of drug-likeness (QED) is 0.823. The number of hydrogen-bond acceptors (Lipinski definition) is 5. The predicted molar refractivity (Wildman–Crippen MR) is 93.6 cm³/mol. The summed E-state index contributed by atoms with van der Waals surface area (Å²) in [5.74, 6) is 0.403. The monoisotopic (exact) mass is 344 g/mol. The first kappa shape index (κ1) is 17.2. The molecule has 132 valence electrons. The number of likely N-dealkylation sites (N-methyl/N-ethyl adjacent to an activating group) is 1. The maximum Gasteiger partial charge on any atom is 0.251 e. The maximum atomic E-state index is 12.6. The molecule has 0 unspecified atom stereocenters. The van der Waals surface area contributed by atoms with E-state index >= 15 is 0 Å². The number of pyridine rings is 1. The van der Waals surface area contributed by atoms with E-state index in [1.807, 2.05) is 12.1 Å². The topological polar surface area (TPSA) is 78.8 Å². The normalized spacial score (nSPS) is 15.1. The Morgan fingerprint density at radius 3 is 2.80 bits per heavy atom. The molecule has 1 saturated heterocycles. The second-order valence-electron chi connectivity index (χ2n) is 5.55. The molecule has 7 nitrogen and oxygen atoms in total. The molecule has 0 saturated carbocycles. The van der Waals surface area contributed by atoms with Crippen molar-refractivity contribution in [2.24, 2.45) is 0 Å². The van der Waals surface area contributed by atoms with Gasteiger partial charge in [-0.3, -0.25) is 9.59 Å². The summed E-state index contributed by atoms with van der Waals surface area (Å²) in [7, 11) is 3.12. The Balaban J connectivity index is 2.12.